The van der Waals surface area contributed by atoms with Crippen LogP contribution in [-0.2, 0) is 7.05 Å². The van der Waals surface area contributed by atoms with Crippen LogP contribution in [0.3, 0.4) is 0 Å². The number of nitrogens with zero attached hydrogens (tertiary/aromatic N) is 1. The minimum Gasteiger partial charge on any atom is -0.455 e. The first-order chi connectivity index (χ1) is 19.4. The van der Waals surface area contributed by atoms with Crippen LogP contribution in [0, 0.1) is 20.6 Å². The molecule has 2 aromatic heterocycles. The van der Waals surface area contributed by atoms with Crippen LogP contribution in [0.15, 0.2) is 102 Å². The number of benzene rings is 4. The van der Waals surface area contributed by atoms with Crippen molar-refractivity contribution < 1.29 is 17.2 Å². The predicted molar refractivity (Wildman–Crippen MR) is 145 cm³/mol. The minimum absolute atomic E-state index is 0.0798. The normalized spacial score (nSPS) is 14.7. The molecule has 4 aromatic carbocycles. The van der Waals surface area contributed by atoms with Crippen molar-refractivity contribution in [2.45, 2.75) is 20.6 Å². The summed E-state index contributed by atoms with van der Waals surface area (Å²) >= 11 is 0. The van der Waals surface area contributed by atoms with E-state index >= 15 is 0 Å². The molecule has 0 fully saturated rings. The van der Waals surface area contributed by atoms with E-state index in [0.29, 0.717) is 16.7 Å². The second-order valence-corrected chi connectivity index (χ2v) is 8.96. The van der Waals surface area contributed by atoms with Crippen molar-refractivity contribution >= 4 is 21.9 Å². The Balaban J connectivity index is 1.66. The van der Waals surface area contributed by atoms with Crippen LogP contribution < -0.4 is 4.57 Å². The molecule has 0 N–H and O–H groups in total. The molecule has 0 spiro atoms. The molecule has 6 aromatic rings. The highest BCUT2D eigenvalue weighted by Crippen LogP contribution is 2.38. The van der Waals surface area contributed by atoms with Crippen LogP contribution in [0.1, 0.15) is 24.9 Å². The average molecular weight is 461 g/mol. The maximum absolute atomic E-state index is 8.38. The molecule has 0 amide bonds. The predicted octanol–water partition coefficient (Wildman–Crippen LogP) is 8.34. The molecule has 35 heavy (non-hydrogen) atoms. The fourth-order valence-electron chi connectivity index (χ4n) is 4.92. The first-order valence-corrected chi connectivity index (χ1v) is 11.6. The van der Waals surface area contributed by atoms with E-state index in [2.05, 4.69) is 0 Å². The number of aromatic nitrogens is 1. The minimum atomic E-state index is -2.48. The monoisotopic (exact) mass is 460 g/mol. The molecule has 0 saturated carbocycles. The Morgan fingerprint density at radius 1 is 0.686 bits per heavy atom. The molecule has 2 nitrogen and oxygen atoms in total. The molecule has 0 bridgehead atoms. The highest BCUT2D eigenvalue weighted by molar-refractivity contribution is 6.09. The molecule has 0 aliphatic rings. The molecule has 0 aliphatic carbocycles. The summed E-state index contributed by atoms with van der Waals surface area (Å²) in [6, 6.07) is 28.5. The number of hydrogen-bond acceptors (Lipinski definition) is 1. The van der Waals surface area contributed by atoms with E-state index in [1.807, 2.05) is 79.7 Å². The van der Waals surface area contributed by atoms with Gasteiger partial charge >= 0.3 is 0 Å². The molecule has 6 rings (SSSR count). The van der Waals surface area contributed by atoms with Crippen LogP contribution >= 0.6 is 0 Å². The Morgan fingerprint density at radius 2 is 1.49 bits per heavy atom. The smallest absolute Gasteiger partial charge is 0.216 e. The topological polar surface area (TPSA) is 17.0 Å². The van der Waals surface area contributed by atoms with Gasteiger partial charge in [-0.15, -0.1) is 0 Å². The van der Waals surface area contributed by atoms with Gasteiger partial charge in [0, 0.05) is 30.6 Å². The van der Waals surface area contributed by atoms with Crippen LogP contribution in [0.25, 0.3) is 55.4 Å². The summed E-state index contributed by atoms with van der Waals surface area (Å²) in [6.45, 7) is -2.96. The van der Waals surface area contributed by atoms with Crippen molar-refractivity contribution in [1.29, 1.82) is 0 Å². The largest absolute Gasteiger partial charge is 0.455 e. The van der Waals surface area contributed by atoms with Crippen LogP contribution in [0.4, 0.5) is 0 Å². The molecule has 0 saturated heterocycles. The number of rotatable bonds is 3. The Kier molecular flexibility index (Phi) is 3.69. The first-order valence-electron chi connectivity index (χ1n) is 14.6. The van der Waals surface area contributed by atoms with Crippen molar-refractivity contribution in [1.82, 2.24) is 0 Å². The van der Waals surface area contributed by atoms with Gasteiger partial charge in [-0.2, -0.15) is 0 Å². The van der Waals surface area contributed by atoms with Crippen molar-refractivity contribution in [2.75, 3.05) is 0 Å². The summed E-state index contributed by atoms with van der Waals surface area (Å²) < 4.78 is 58.3. The van der Waals surface area contributed by atoms with Crippen LogP contribution in [0.2, 0.25) is 0 Å². The summed E-state index contributed by atoms with van der Waals surface area (Å²) in [7, 11) is 1.80. The fourth-order valence-corrected chi connectivity index (χ4v) is 4.92. The van der Waals surface area contributed by atoms with Crippen LogP contribution in [-0.4, -0.2) is 0 Å². The lowest BCUT2D eigenvalue weighted by molar-refractivity contribution is -0.660. The standard InChI is InChI=1S/C33H28NO/c1-21-14-16-28-27-12-8-9-13-31(27)35-33(28)32(21)30-19-29(23(3)20-34(30)4)26-17-15-25(18-22(26)2)24-10-6-5-7-11-24/h5-20H,1-4H3/q+1/i2D3,3D3. The lowest BCUT2D eigenvalue weighted by Gasteiger charge is -2.13. The lowest BCUT2D eigenvalue weighted by atomic mass is 9.92. The summed E-state index contributed by atoms with van der Waals surface area (Å²) in [5.74, 6) is 0. The molecular formula is C33H28NO+. The molecule has 170 valence electrons. The van der Waals surface area contributed by atoms with E-state index in [4.69, 9.17) is 12.6 Å². The Bertz CT molecular complexity index is 1930. The SMILES string of the molecule is [2H]C([2H])([2H])c1cc(-c2ccccc2)ccc1-c1cc(-c2c(C)ccc3c2oc2ccccc23)[n+](C)cc1C([2H])([2H])[2H]. The Labute approximate surface area is 214 Å². The van der Waals surface area contributed by atoms with Crippen LogP contribution in [0.5, 0.6) is 0 Å². The number of fused-ring (bicyclic) bond motifs is 3. The number of aryl methyl sites for hydroxylation is 4. The van der Waals surface area contributed by atoms with Gasteiger partial charge in [0.25, 0.3) is 0 Å². The number of hydrogen-bond donors (Lipinski definition) is 0. The Hall–Kier alpha value is -4.17. The van der Waals surface area contributed by atoms with Crippen molar-refractivity contribution in [3.8, 4) is 33.5 Å². The quantitative estimate of drug-likeness (QED) is 0.243. The summed E-state index contributed by atoms with van der Waals surface area (Å²) in [6.07, 6.45) is 1.59. The highest BCUT2D eigenvalue weighted by Gasteiger charge is 2.23. The first kappa shape index (κ1) is 15.7. The third kappa shape index (κ3) is 3.54. The average Bonchev–Trinajstić information content (AvgIpc) is 3.31. The van der Waals surface area contributed by atoms with E-state index in [1.165, 1.54) is 0 Å². The maximum atomic E-state index is 8.38. The van der Waals surface area contributed by atoms with E-state index < -0.39 is 13.7 Å². The Morgan fingerprint density at radius 3 is 2.31 bits per heavy atom. The fraction of sp³-hybridized carbons (Fsp3) is 0.121. The lowest BCUT2D eigenvalue weighted by Crippen LogP contribution is -2.31. The van der Waals surface area contributed by atoms with E-state index in [-0.39, 0.29) is 11.1 Å². The highest BCUT2D eigenvalue weighted by atomic mass is 16.3. The second-order valence-electron chi connectivity index (χ2n) is 8.96. The summed E-state index contributed by atoms with van der Waals surface area (Å²) in [4.78, 5) is 0. The van der Waals surface area contributed by atoms with Crippen molar-refractivity contribution in [3.63, 3.8) is 0 Å². The molecule has 0 aliphatic heterocycles. The van der Waals surface area contributed by atoms with Gasteiger partial charge in [-0.3, -0.25) is 0 Å². The number of furan rings is 1. The van der Waals surface area contributed by atoms with E-state index in [1.54, 1.807) is 36.0 Å². The molecule has 2 heteroatoms. The molecule has 0 unspecified atom stereocenters. The number of para-hydroxylation sites is 1. The summed E-state index contributed by atoms with van der Waals surface area (Å²) in [5, 5.41) is 1.95. The second kappa shape index (κ2) is 8.25. The van der Waals surface area contributed by atoms with Gasteiger partial charge in [-0.25, -0.2) is 4.57 Å². The summed E-state index contributed by atoms with van der Waals surface area (Å²) in [5.41, 5.74) is 6.50. The van der Waals surface area contributed by atoms with Gasteiger partial charge in [0.1, 0.15) is 18.2 Å². The van der Waals surface area contributed by atoms with Crippen molar-refractivity contribution in [3.05, 3.63) is 114 Å². The number of pyridine rings is 1. The van der Waals surface area contributed by atoms with Gasteiger partial charge in [0.15, 0.2) is 6.20 Å². The zero-order valence-electron chi connectivity index (χ0n) is 25.6. The third-order valence-corrected chi connectivity index (χ3v) is 6.70. The van der Waals surface area contributed by atoms with Crippen molar-refractivity contribution in [2.24, 2.45) is 7.05 Å². The van der Waals surface area contributed by atoms with E-state index in [0.717, 1.165) is 44.3 Å². The third-order valence-electron chi connectivity index (χ3n) is 6.70. The van der Waals surface area contributed by atoms with Gasteiger partial charge in [0.05, 0.1) is 5.56 Å². The molecular weight excluding hydrogens is 426 g/mol. The van der Waals surface area contributed by atoms with Gasteiger partial charge in [-0.05, 0) is 60.1 Å². The molecule has 2 heterocycles. The van der Waals surface area contributed by atoms with Gasteiger partial charge in [0.2, 0.25) is 5.69 Å². The maximum Gasteiger partial charge on any atom is 0.216 e. The molecule has 0 atom stereocenters. The van der Waals surface area contributed by atoms with Gasteiger partial charge in [-0.1, -0.05) is 78.9 Å². The van der Waals surface area contributed by atoms with E-state index in [9.17, 15) is 0 Å². The molecule has 0 radical (unpaired) electrons. The zero-order chi connectivity index (χ0) is 29.1. The zero-order valence-corrected chi connectivity index (χ0v) is 19.6. The van der Waals surface area contributed by atoms with Gasteiger partial charge < -0.3 is 4.42 Å².